The van der Waals surface area contributed by atoms with E-state index in [2.05, 4.69) is 19.9 Å². The molecule has 3 aromatic rings. The first-order valence-electron chi connectivity index (χ1n) is 9.48. The van der Waals surface area contributed by atoms with Gasteiger partial charge in [-0.15, -0.1) is 0 Å². The zero-order chi connectivity index (χ0) is 22.1. The van der Waals surface area contributed by atoms with Gasteiger partial charge in [0.05, 0.1) is 30.6 Å². The van der Waals surface area contributed by atoms with Gasteiger partial charge in [0.2, 0.25) is 5.28 Å². The van der Waals surface area contributed by atoms with E-state index in [1.807, 2.05) is 6.92 Å². The summed E-state index contributed by atoms with van der Waals surface area (Å²) in [6.45, 7) is 2.58. The van der Waals surface area contributed by atoms with Crippen molar-refractivity contribution in [1.82, 2.24) is 29.4 Å². The number of carbonyl (C=O) groups excluding carboxylic acids is 1. The van der Waals surface area contributed by atoms with Gasteiger partial charge in [-0.1, -0.05) is 6.07 Å². The zero-order valence-corrected chi connectivity index (χ0v) is 17.6. The number of aryl methyl sites for hydroxylation is 1. The Labute approximate surface area is 181 Å². The molecule has 8 nitrogen and oxygen atoms in total. The molecule has 0 bridgehead atoms. The molecule has 0 radical (unpaired) electrons. The molecule has 11 heteroatoms. The van der Waals surface area contributed by atoms with Crippen molar-refractivity contribution < 1.29 is 18.3 Å². The summed E-state index contributed by atoms with van der Waals surface area (Å²) in [6, 6.07) is 4.05. The van der Waals surface area contributed by atoms with Crippen LogP contribution in [0.1, 0.15) is 34.0 Å². The van der Waals surface area contributed by atoms with Crippen molar-refractivity contribution in [1.29, 1.82) is 0 Å². The number of rotatable bonds is 6. The number of alkyl halides is 2. The number of nitrogens with zero attached hydrogens (tertiary/aromatic N) is 6. The first-order chi connectivity index (χ1) is 14.9. The molecule has 31 heavy (non-hydrogen) atoms. The fourth-order valence-corrected chi connectivity index (χ4v) is 3.69. The molecule has 0 aliphatic carbocycles. The molecule has 1 amide bonds. The van der Waals surface area contributed by atoms with Gasteiger partial charge in [0.25, 0.3) is 12.3 Å². The SMILES string of the molecule is COC[C@H]1Cn2cc(-c3nc(Cl)ncc3C)nc2C(=O)N1Cc1cccc(C(F)F)n1. The number of aromatic nitrogens is 5. The average Bonchev–Trinajstić information content (AvgIpc) is 3.17. The molecule has 3 aromatic heterocycles. The summed E-state index contributed by atoms with van der Waals surface area (Å²) in [7, 11) is 1.54. The highest BCUT2D eigenvalue weighted by Crippen LogP contribution is 2.26. The molecule has 4 rings (SSSR count). The largest absolute Gasteiger partial charge is 0.382 e. The van der Waals surface area contributed by atoms with Crippen molar-refractivity contribution in [3.8, 4) is 11.4 Å². The number of halogens is 3. The normalized spacial score (nSPS) is 16.1. The van der Waals surface area contributed by atoms with E-state index < -0.39 is 6.43 Å². The van der Waals surface area contributed by atoms with Gasteiger partial charge in [0.1, 0.15) is 11.4 Å². The topological polar surface area (TPSA) is 86.0 Å². The molecule has 0 saturated heterocycles. The molecule has 162 valence electrons. The molecule has 0 unspecified atom stereocenters. The highest BCUT2D eigenvalue weighted by atomic mass is 35.5. The van der Waals surface area contributed by atoms with Gasteiger partial charge in [-0.25, -0.2) is 28.7 Å². The van der Waals surface area contributed by atoms with Crippen LogP contribution in [-0.2, 0) is 17.8 Å². The van der Waals surface area contributed by atoms with Crippen LogP contribution in [0.4, 0.5) is 8.78 Å². The summed E-state index contributed by atoms with van der Waals surface area (Å²) >= 11 is 5.93. The highest BCUT2D eigenvalue weighted by Gasteiger charge is 2.35. The Morgan fingerprint density at radius 1 is 1.29 bits per heavy atom. The average molecular weight is 449 g/mol. The maximum atomic E-state index is 13.3. The van der Waals surface area contributed by atoms with Crippen molar-refractivity contribution in [2.24, 2.45) is 0 Å². The lowest BCUT2D eigenvalue weighted by atomic mass is 10.1. The summed E-state index contributed by atoms with van der Waals surface area (Å²) in [4.78, 5) is 31.5. The molecular weight excluding hydrogens is 430 g/mol. The Morgan fingerprint density at radius 2 is 2.10 bits per heavy atom. The number of ether oxygens (including phenoxy) is 1. The van der Waals surface area contributed by atoms with Crippen molar-refractivity contribution in [3.63, 3.8) is 0 Å². The maximum Gasteiger partial charge on any atom is 0.290 e. The lowest BCUT2D eigenvalue weighted by molar-refractivity contribution is 0.0375. The molecule has 0 N–H and O–H groups in total. The fraction of sp³-hybridized carbons (Fsp3) is 0.350. The lowest BCUT2D eigenvalue weighted by Crippen LogP contribution is -2.49. The van der Waals surface area contributed by atoms with Crippen LogP contribution in [-0.4, -0.2) is 55.1 Å². The standard InChI is InChI=1S/C20H19ClF2N6O2/c1-11-6-24-20(21)27-16(11)15-9-28-8-13(10-31-2)29(19(30)18(28)26-15)7-12-4-3-5-14(25-12)17(22)23/h3-6,9,13,17H,7-8,10H2,1-2H3/t13-/m1/s1. The summed E-state index contributed by atoms with van der Waals surface area (Å²) in [5.41, 5.74) is 1.85. The highest BCUT2D eigenvalue weighted by molar-refractivity contribution is 6.28. The third-order valence-electron chi connectivity index (χ3n) is 5.01. The quantitative estimate of drug-likeness (QED) is 0.538. The minimum atomic E-state index is -2.68. The number of amides is 1. The molecule has 1 aliphatic rings. The Kier molecular flexibility index (Phi) is 5.92. The van der Waals surface area contributed by atoms with Crippen LogP contribution < -0.4 is 0 Å². The minimum absolute atomic E-state index is 0.0635. The predicted molar refractivity (Wildman–Crippen MR) is 108 cm³/mol. The van der Waals surface area contributed by atoms with Gasteiger partial charge in [-0.2, -0.15) is 0 Å². The number of hydrogen-bond donors (Lipinski definition) is 0. The first-order valence-corrected chi connectivity index (χ1v) is 9.85. The third kappa shape index (κ3) is 4.26. The van der Waals surface area contributed by atoms with Crippen molar-refractivity contribution in [3.05, 3.63) is 58.7 Å². The second kappa shape index (κ2) is 8.64. The molecule has 0 spiro atoms. The molecule has 0 aromatic carbocycles. The van der Waals surface area contributed by atoms with Crippen LogP contribution in [0, 0.1) is 6.92 Å². The first kappa shape index (κ1) is 21.3. The number of carbonyl (C=O) groups is 1. The summed E-state index contributed by atoms with van der Waals surface area (Å²) in [5, 5.41) is 0.0850. The van der Waals surface area contributed by atoms with Crippen LogP contribution in [0.15, 0.2) is 30.6 Å². The Balaban J connectivity index is 1.68. The van der Waals surface area contributed by atoms with Gasteiger partial charge >= 0.3 is 0 Å². The van der Waals surface area contributed by atoms with E-state index in [4.69, 9.17) is 16.3 Å². The fourth-order valence-electron chi connectivity index (χ4n) is 3.56. The van der Waals surface area contributed by atoms with Gasteiger partial charge < -0.3 is 14.2 Å². The summed E-state index contributed by atoms with van der Waals surface area (Å²) in [6.07, 6.45) is 0.650. The summed E-state index contributed by atoms with van der Waals surface area (Å²) in [5.74, 6) is -0.122. The van der Waals surface area contributed by atoms with E-state index in [9.17, 15) is 13.6 Å². The van der Waals surface area contributed by atoms with E-state index in [1.54, 1.807) is 35.0 Å². The number of fused-ring (bicyclic) bond motifs is 1. The van der Waals surface area contributed by atoms with E-state index in [0.29, 0.717) is 23.6 Å². The molecule has 0 fully saturated rings. The third-order valence-corrected chi connectivity index (χ3v) is 5.19. The van der Waals surface area contributed by atoms with Gasteiger partial charge in [0.15, 0.2) is 5.82 Å². The van der Waals surface area contributed by atoms with E-state index >= 15 is 0 Å². The lowest BCUT2D eigenvalue weighted by Gasteiger charge is -2.35. The number of hydrogen-bond acceptors (Lipinski definition) is 6. The molecule has 4 heterocycles. The molecule has 0 saturated carbocycles. The van der Waals surface area contributed by atoms with Crippen LogP contribution in [0.5, 0.6) is 0 Å². The monoisotopic (exact) mass is 448 g/mol. The summed E-state index contributed by atoms with van der Waals surface area (Å²) < 4.78 is 33.1. The van der Waals surface area contributed by atoms with E-state index in [1.165, 1.54) is 12.1 Å². The predicted octanol–water partition coefficient (Wildman–Crippen LogP) is 3.31. The van der Waals surface area contributed by atoms with Crippen LogP contribution in [0.25, 0.3) is 11.4 Å². The Bertz CT molecular complexity index is 1120. The number of methoxy groups -OCH3 is 1. The zero-order valence-electron chi connectivity index (χ0n) is 16.8. The number of pyridine rings is 1. The van der Waals surface area contributed by atoms with Gasteiger partial charge in [-0.3, -0.25) is 4.79 Å². The van der Waals surface area contributed by atoms with Crippen molar-refractivity contribution >= 4 is 17.5 Å². The molecule has 1 atom stereocenters. The van der Waals surface area contributed by atoms with Gasteiger partial charge in [0, 0.05) is 26.0 Å². The Morgan fingerprint density at radius 3 is 2.84 bits per heavy atom. The van der Waals surface area contributed by atoms with Crippen LogP contribution in [0.3, 0.4) is 0 Å². The van der Waals surface area contributed by atoms with Crippen molar-refractivity contribution in [2.75, 3.05) is 13.7 Å². The second-order valence-electron chi connectivity index (χ2n) is 7.17. The second-order valence-corrected chi connectivity index (χ2v) is 7.51. The minimum Gasteiger partial charge on any atom is -0.382 e. The maximum absolute atomic E-state index is 13.3. The van der Waals surface area contributed by atoms with E-state index in [0.717, 1.165) is 5.56 Å². The van der Waals surface area contributed by atoms with E-state index in [-0.39, 0.29) is 41.9 Å². The number of imidazole rings is 1. The van der Waals surface area contributed by atoms with Crippen molar-refractivity contribution in [2.45, 2.75) is 32.5 Å². The Hall–Kier alpha value is -2.98. The van der Waals surface area contributed by atoms with Crippen LogP contribution in [0.2, 0.25) is 5.28 Å². The smallest absolute Gasteiger partial charge is 0.290 e. The van der Waals surface area contributed by atoms with Gasteiger partial charge in [-0.05, 0) is 36.2 Å². The molecular formula is C20H19ClF2N6O2. The molecule has 1 aliphatic heterocycles. The van der Waals surface area contributed by atoms with Crippen LogP contribution >= 0.6 is 11.6 Å².